The van der Waals surface area contributed by atoms with Gasteiger partial charge in [0.15, 0.2) is 5.96 Å². The van der Waals surface area contributed by atoms with Gasteiger partial charge in [0.2, 0.25) is 10.0 Å². The van der Waals surface area contributed by atoms with Crippen LogP contribution in [0.15, 0.2) is 29.3 Å². The molecule has 0 bridgehead atoms. The van der Waals surface area contributed by atoms with Gasteiger partial charge in [-0.05, 0) is 42.9 Å². The van der Waals surface area contributed by atoms with E-state index in [0.717, 1.165) is 24.8 Å². The smallest absolute Gasteiger partial charge is 0.253 e. The second kappa shape index (κ2) is 11.2. The number of sulfonamides is 1. The fourth-order valence-corrected chi connectivity index (χ4v) is 3.99. The van der Waals surface area contributed by atoms with Gasteiger partial charge in [0.05, 0.1) is 5.75 Å². The standard InChI is InChI=1S/C20H33N5O3S/c1-21-20(23-12-13-29(27,28)24-15-17-7-4-8-17)22-11-10-16-6-5-9-18(14-16)19(26)25(2)3/h5-6,9,14,17,24H,4,7-8,10-13,15H2,1-3H3,(H2,21,22,23). The fraction of sp³-hybridized carbons (Fsp3) is 0.600. The molecule has 1 fully saturated rings. The van der Waals surface area contributed by atoms with Gasteiger partial charge < -0.3 is 15.5 Å². The highest BCUT2D eigenvalue weighted by Crippen LogP contribution is 2.25. The Balaban J connectivity index is 1.71. The minimum Gasteiger partial charge on any atom is -0.356 e. The van der Waals surface area contributed by atoms with Crippen molar-refractivity contribution in [2.75, 3.05) is 46.5 Å². The van der Waals surface area contributed by atoms with Crippen LogP contribution >= 0.6 is 0 Å². The number of carbonyl (C=O) groups excluding carboxylic acids is 1. The Labute approximate surface area is 174 Å². The highest BCUT2D eigenvalue weighted by Gasteiger charge is 2.20. The molecule has 3 N–H and O–H groups in total. The lowest BCUT2D eigenvalue weighted by molar-refractivity contribution is 0.0827. The molecule has 0 saturated heterocycles. The number of carbonyl (C=O) groups is 1. The molecular formula is C20H33N5O3S. The van der Waals surface area contributed by atoms with E-state index >= 15 is 0 Å². The summed E-state index contributed by atoms with van der Waals surface area (Å²) in [6.45, 7) is 1.45. The van der Waals surface area contributed by atoms with Crippen LogP contribution in [0.2, 0.25) is 0 Å². The van der Waals surface area contributed by atoms with E-state index in [1.54, 1.807) is 32.1 Å². The third-order valence-electron chi connectivity index (χ3n) is 4.99. The number of hydrogen-bond acceptors (Lipinski definition) is 4. The molecule has 8 nitrogen and oxygen atoms in total. The van der Waals surface area contributed by atoms with E-state index in [-0.39, 0.29) is 18.2 Å². The zero-order valence-electron chi connectivity index (χ0n) is 17.6. The van der Waals surface area contributed by atoms with Crippen LogP contribution in [0.3, 0.4) is 0 Å². The van der Waals surface area contributed by atoms with Crippen molar-refractivity contribution in [1.29, 1.82) is 0 Å². The second-order valence-electron chi connectivity index (χ2n) is 7.54. The summed E-state index contributed by atoms with van der Waals surface area (Å²) in [7, 11) is 1.84. The fourth-order valence-electron chi connectivity index (χ4n) is 2.98. The normalized spacial score (nSPS) is 14.9. The van der Waals surface area contributed by atoms with Gasteiger partial charge in [0.25, 0.3) is 5.91 Å². The minimum atomic E-state index is -3.27. The summed E-state index contributed by atoms with van der Waals surface area (Å²) in [4.78, 5) is 17.7. The highest BCUT2D eigenvalue weighted by molar-refractivity contribution is 7.89. The topological polar surface area (TPSA) is 103 Å². The van der Waals surface area contributed by atoms with Gasteiger partial charge in [-0.1, -0.05) is 18.6 Å². The number of rotatable bonds is 10. The van der Waals surface area contributed by atoms with Crippen molar-refractivity contribution in [3.63, 3.8) is 0 Å². The van der Waals surface area contributed by atoms with Gasteiger partial charge in [0, 0.05) is 46.3 Å². The quantitative estimate of drug-likeness (QED) is 0.382. The number of aliphatic imine (C=N–C) groups is 1. The van der Waals surface area contributed by atoms with Crippen LogP contribution in [-0.2, 0) is 16.4 Å². The van der Waals surface area contributed by atoms with Crippen LogP contribution in [0, 0.1) is 5.92 Å². The zero-order valence-corrected chi connectivity index (χ0v) is 18.4. The Kier molecular flexibility index (Phi) is 8.91. The van der Waals surface area contributed by atoms with Crippen LogP contribution in [0.25, 0.3) is 0 Å². The molecule has 1 aromatic carbocycles. The average molecular weight is 424 g/mol. The number of benzene rings is 1. The lowest BCUT2D eigenvalue weighted by atomic mass is 9.86. The molecule has 1 amide bonds. The molecule has 162 valence electrons. The summed E-state index contributed by atoms with van der Waals surface area (Å²) < 4.78 is 26.8. The molecule has 1 saturated carbocycles. The van der Waals surface area contributed by atoms with E-state index in [1.165, 1.54) is 6.42 Å². The van der Waals surface area contributed by atoms with Crippen LogP contribution in [0.1, 0.15) is 35.2 Å². The number of hydrogen-bond donors (Lipinski definition) is 3. The first-order valence-electron chi connectivity index (χ1n) is 10.0. The van der Waals surface area contributed by atoms with E-state index in [2.05, 4.69) is 20.3 Å². The van der Waals surface area contributed by atoms with Crippen LogP contribution in [-0.4, -0.2) is 71.7 Å². The average Bonchev–Trinajstić information content (AvgIpc) is 2.64. The third-order valence-corrected chi connectivity index (χ3v) is 6.34. The molecule has 0 spiro atoms. The van der Waals surface area contributed by atoms with Crippen molar-refractivity contribution in [2.24, 2.45) is 10.9 Å². The first kappa shape index (κ1) is 23.2. The summed E-state index contributed by atoms with van der Waals surface area (Å²) >= 11 is 0. The van der Waals surface area contributed by atoms with Gasteiger partial charge in [0.1, 0.15) is 0 Å². The molecule has 1 aliphatic carbocycles. The van der Waals surface area contributed by atoms with Crippen molar-refractivity contribution in [2.45, 2.75) is 25.7 Å². The SMILES string of the molecule is CN=C(NCCc1cccc(C(=O)N(C)C)c1)NCCS(=O)(=O)NCC1CCC1. The molecular weight excluding hydrogens is 390 g/mol. The molecule has 0 radical (unpaired) electrons. The summed E-state index contributed by atoms with van der Waals surface area (Å²) in [5.41, 5.74) is 1.71. The van der Waals surface area contributed by atoms with E-state index in [0.29, 0.717) is 30.5 Å². The minimum absolute atomic E-state index is 0.00904. The summed E-state index contributed by atoms with van der Waals surface area (Å²) in [6, 6.07) is 7.55. The van der Waals surface area contributed by atoms with Crippen LogP contribution < -0.4 is 15.4 Å². The molecule has 29 heavy (non-hydrogen) atoms. The second-order valence-corrected chi connectivity index (χ2v) is 9.47. The van der Waals surface area contributed by atoms with Crippen molar-refractivity contribution in [3.05, 3.63) is 35.4 Å². The molecule has 0 aliphatic heterocycles. The summed E-state index contributed by atoms with van der Waals surface area (Å²) in [5, 5.41) is 6.20. The van der Waals surface area contributed by atoms with Crippen molar-refractivity contribution >= 4 is 21.9 Å². The molecule has 1 aromatic rings. The predicted molar refractivity (Wildman–Crippen MR) is 117 cm³/mol. The monoisotopic (exact) mass is 423 g/mol. The van der Waals surface area contributed by atoms with E-state index in [1.807, 2.05) is 18.2 Å². The summed E-state index contributed by atoms with van der Waals surface area (Å²) in [6.07, 6.45) is 4.15. The molecule has 1 aliphatic rings. The number of guanidine groups is 1. The van der Waals surface area contributed by atoms with E-state index in [9.17, 15) is 13.2 Å². The maximum atomic E-state index is 12.1. The Bertz CT molecular complexity index is 804. The Morgan fingerprint density at radius 2 is 1.93 bits per heavy atom. The number of amides is 1. The lowest BCUT2D eigenvalue weighted by Crippen LogP contribution is -2.42. The number of nitrogens with zero attached hydrogens (tertiary/aromatic N) is 2. The highest BCUT2D eigenvalue weighted by atomic mass is 32.2. The zero-order chi connectivity index (χ0) is 21.3. The maximum Gasteiger partial charge on any atom is 0.253 e. The van der Waals surface area contributed by atoms with Crippen LogP contribution in [0.4, 0.5) is 0 Å². The summed E-state index contributed by atoms with van der Waals surface area (Å²) in [5.74, 6) is 1.04. The first-order valence-corrected chi connectivity index (χ1v) is 11.7. The molecule has 9 heteroatoms. The van der Waals surface area contributed by atoms with Crippen molar-refractivity contribution < 1.29 is 13.2 Å². The Hall–Kier alpha value is -2.13. The molecule has 0 atom stereocenters. The van der Waals surface area contributed by atoms with Crippen LogP contribution in [0.5, 0.6) is 0 Å². The number of nitrogens with one attached hydrogen (secondary N) is 3. The predicted octanol–water partition coefficient (Wildman–Crippen LogP) is 0.815. The first-order chi connectivity index (χ1) is 13.8. The Morgan fingerprint density at radius 1 is 1.21 bits per heavy atom. The van der Waals surface area contributed by atoms with Gasteiger partial charge in [-0.2, -0.15) is 0 Å². The van der Waals surface area contributed by atoms with Gasteiger partial charge in [-0.15, -0.1) is 0 Å². The van der Waals surface area contributed by atoms with E-state index in [4.69, 9.17) is 0 Å². The Morgan fingerprint density at radius 3 is 2.55 bits per heavy atom. The molecule has 0 heterocycles. The van der Waals surface area contributed by atoms with Crippen molar-refractivity contribution in [3.8, 4) is 0 Å². The lowest BCUT2D eigenvalue weighted by Gasteiger charge is -2.25. The van der Waals surface area contributed by atoms with E-state index < -0.39 is 10.0 Å². The van der Waals surface area contributed by atoms with Gasteiger partial charge in [-0.25, -0.2) is 13.1 Å². The maximum absolute atomic E-state index is 12.1. The molecule has 0 aromatic heterocycles. The van der Waals surface area contributed by atoms with Gasteiger partial charge >= 0.3 is 0 Å². The molecule has 0 unspecified atom stereocenters. The van der Waals surface area contributed by atoms with Crippen molar-refractivity contribution in [1.82, 2.24) is 20.3 Å². The molecule has 2 rings (SSSR count). The largest absolute Gasteiger partial charge is 0.356 e. The third kappa shape index (κ3) is 8.02. The van der Waals surface area contributed by atoms with Gasteiger partial charge in [-0.3, -0.25) is 9.79 Å².